The first-order chi connectivity index (χ1) is 13.8. The van der Waals surface area contributed by atoms with Crippen molar-refractivity contribution in [2.24, 2.45) is 10.2 Å². The first kappa shape index (κ1) is 21.0. The van der Waals surface area contributed by atoms with Crippen molar-refractivity contribution in [3.63, 3.8) is 0 Å². The second kappa shape index (κ2) is 10.1. The summed E-state index contributed by atoms with van der Waals surface area (Å²) in [7, 11) is 0. The van der Waals surface area contributed by atoms with Crippen LogP contribution in [-0.2, 0) is 4.79 Å². The van der Waals surface area contributed by atoms with E-state index in [1.807, 2.05) is 0 Å². The van der Waals surface area contributed by atoms with Crippen molar-refractivity contribution in [1.29, 1.82) is 0 Å². The van der Waals surface area contributed by atoms with Gasteiger partial charge in [-0.05, 0) is 24.3 Å². The normalized spacial score (nSPS) is 11.2. The fourth-order valence-electron chi connectivity index (χ4n) is 2.02. The number of benzene rings is 2. The monoisotopic (exact) mass is 400 g/mol. The van der Waals surface area contributed by atoms with Gasteiger partial charge in [-0.25, -0.2) is 0 Å². The zero-order valence-corrected chi connectivity index (χ0v) is 14.9. The summed E-state index contributed by atoms with van der Waals surface area (Å²) in [4.78, 5) is 31.1. The maximum Gasteiger partial charge on any atom is 0.303 e. The van der Waals surface area contributed by atoms with E-state index in [-0.39, 0.29) is 24.2 Å². The number of carboxylic acid groups (broad SMARTS) is 1. The van der Waals surface area contributed by atoms with Crippen LogP contribution in [0.3, 0.4) is 0 Å². The Bertz CT molecular complexity index is 940. The standard InChI is InChI=1S/C17H16N6O6/c24-17(25)10-5-14(21-20-13-3-8-16(9-4-13)23(28)29)11-18-19-12-1-6-15(7-2-12)22(26)27/h1-4,6-9,11,19-20H,5,10H2,(H,24,25). The van der Waals surface area contributed by atoms with Gasteiger partial charge < -0.3 is 5.11 Å². The molecule has 0 amide bonds. The van der Waals surface area contributed by atoms with Crippen molar-refractivity contribution in [1.82, 2.24) is 0 Å². The van der Waals surface area contributed by atoms with Crippen LogP contribution in [0.5, 0.6) is 0 Å². The minimum absolute atomic E-state index is 0.0597. The number of nitro groups is 2. The smallest absolute Gasteiger partial charge is 0.303 e. The molecule has 0 bridgehead atoms. The lowest BCUT2D eigenvalue weighted by Crippen LogP contribution is -2.08. The molecule has 12 heteroatoms. The average molecular weight is 400 g/mol. The number of carbonyl (C=O) groups is 1. The molecule has 12 nitrogen and oxygen atoms in total. The largest absolute Gasteiger partial charge is 0.481 e. The van der Waals surface area contributed by atoms with Gasteiger partial charge in [-0.1, -0.05) is 0 Å². The van der Waals surface area contributed by atoms with Gasteiger partial charge in [-0.2, -0.15) is 10.2 Å². The van der Waals surface area contributed by atoms with Gasteiger partial charge in [-0.15, -0.1) is 0 Å². The minimum atomic E-state index is -1.01. The van der Waals surface area contributed by atoms with E-state index < -0.39 is 15.8 Å². The van der Waals surface area contributed by atoms with Crippen molar-refractivity contribution in [3.8, 4) is 0 Å². The SMILES string of the molecule is O=C(O)CCC(C=NNc1ccc([N+](=O)[O-])cc1)=NNc1ccc([N+](=O)[O-])cc1. The van der Waals surface area contributed by atoms with Crippen molar-refractivity contribution >= 4 is 40.6 Å². The zero-order chi connectivity index (χ0) is 21.2. The van der Waals surface area contributed by atoms with Crippen LogP contribution in [0.25, 0.3) is 0 Å². The summed E-state index contributed by atoms with van der Waals surface area (Å²) in [5.74, 6) is -1.01. The van der Waals surface area contributed by atoms with Crippen molar-refractivity contribution in [3.05, 3.63) is 68.8 Å². The van der Waals surface area contributed by atoms with Crippen molar-refractivity contribution in [2.75, 3.05) is 10.9 Å². The van der Waals surface area contributed by atoms with Gasteiger partial charge in [0.25, 0.3) is 11.4 Å². The van der Waals surface area contributed by atoms with Gasteiger partial charge in [0, 0.05) is 30.7 Å². The molecule has 0 saturated heterocycles. The minimum Gasteiger partial charge on any atom is -0.481 e. The average Bonchev–Trinajstić information content (AvgIpc) is 2.70. The van der Waals surface area contributed by atoms with E-state index in [1.165, 1.54) is 54.7 Å². The molecule has 0 heterocycles. The number of hydrazone groups is 2. The number of nitrogens with one attached hydrogen (secondary N) is 2. The molecule has 0 aliphatic carbocycles. The third-order valence-electron chi connectivity index (χ3n) is 3.49. The molecule has 0 unspecified atom stereocenters. The summed E-state index contributed by atoms with van der Waals surface area (Å²) in [5, 5.41) is 38.2. The van der Waals surface area contributed by atoms with E-state index in [2.05, 4.69) is 21.1 Å². The molecule has 0 saturated carbocycles. The van der Waals surface area contributed by atoms with Gasteiger partial charge in [0.05, 0.1) is 39.6 Å². The summed E-state index contributed by atoms with van der Waals surface area (Å²) in [5.41, 5.74) is 6.49. The number of aliphatic carboxylic acids is 1. The first-order valence-corrected chi connectivity index (χ1v) is 8.17. The van der Waals surface area contributed by atoms with Crippen LogP contribution >= 0.6 is 0 Å². The van der Waals surface area contributed by atoms with Crippen LogP contribution in [0.2, 0.25) is 0 Å². The zero-order valence-electron chi connectivity index (χ0n) is 14.9. The summed E-state index contributed by atoms with van der Waals surface area (Å²) in [6.07, 6.45) is 1.22. The fraction of sp³-hybridized carbons (Fsp3) is 0.118. The molecule has 2 rings (SSSR count). The van der Waals surface area contributed by atoms with Gasteiger partial charge in [0.15, 0.2) is 0 Å². The number of nitrogens with zero attached hydrogens (tertiary/aromatic N) is 4. The molecular formula is C17H16N6O6. The molecule has 0 spiro atoms. The predicted molar refractivity (Wildman–Crippen MR) is 106 cm³/mol. The lowest BCUT2D eigenvalue weighted by molar-refractivity contribution is -0.385. The summed E-state index contributed by atoms with van der Waals surface area (Å²) in [6, 6.07) is 11.1. The number of rotatable bonds is 10. The van der Waals surface area contributed by atoms with Crippen LogP contribution in [0.4, 0.5) is 22.7 Å². The van der Waals surface area contributed by atoms with E-state index in [9.17, 15) is 25.0 Å². The van der Waals surface area contributed by atoms with E-state index in [0.29, 0.717) is 17.1 Å². The van der Waals surface area contributed by atoms with Crippen LogP contribution in [0.1, 0.15) is 12.8 Å². The molecule has 2 aromatic rings. The second-order valence-corrected chi connectivity index (χ2v) is 5.59. The highest BCUT2D eigenvalue weighted by molar-refractivity contribution is 6.31. The summed E-state index contributed by atoms with van der Waals surface area (Å²) < 4.78 is 0. The van der Waals surface area contributed by atoms with Crippen molar-refractivity contribution < 1.29 is 19.7 Å². The molecule has 0 aliphatic heterocycles. The van der Waals surface area contributed by atoms with E-state index in [1.54, 1.807) is 0 Å². The Hall–Kier alpha value is -4.35. The number of hydrogen-bond donors (Lipinski definition) is 3. The predicted octanol–water partition coefficient (Wildman–Crippen LogP) is 3.23. The highest BCUT2D eigenvalue weighted by Gasteiger charge is 2.06. The van der Waals surface area contributed by atoms with Crippen LogP contribution < -0.4 is 10.9 Å². The Morgan fingerprint density at radius 3 is 1.83 bits per heavy atom. The van der Waals surface area contributed by atoms with Crippen LogP contribution in [0, 0.1) is 20.2 Å². The number of carboxylic acids is 1. The Labute approximate surface area is 163 Å². The maximum atomic E-state index is 10.8. The fourth-order valence-corrected chi connectivity index (χ4v) is 2.02. The van der Waals surface area contributed by atoms with Gasteiger partial charge in [0.1, 0.15) is 0 Å². The maximum absolute atomic E-state index is 10.8. The quantitative estimate of drug-likeness (QED) is 0.310. The lowest BCUT2D eigenvalue weighted by atomic mass is 10.2. The second-order valence-electron chi connectivity index (χ2n) is 5.59. The molecule has 29 heavy (non-hydrogen) atoms. The summed E-state index contributed by atoms with van der Waals surface area (Å²) >= 11 is 0. The molecule has 0 atom stereocenters. The molecule has 3 N–H and O–H groups in total. The molecule has 2 aromatic carbocycles. The molecule has 0 fully saturated rings. The summed E-state index contributed by atoms with van der Waals surface area (Å²) in [6.45, 7) is 0. The third kappa shape index (κ3) is 7.05. The van der Waals surface area contributed by atoms with Crippen molar-refractivity contribution in [2.45, 2.75) is 12.8 Å². The topological polar surface area (TPSA) is 172 Å². The highest BCUT2D eigenvalue weighted by Crippen LogP contribution is 2.16. The Kier molecular flexibility index (Phi) is 7.30. The number of anilines is 2. The Morgan fingerprint density at radius 2 is 1.38 bits per heavy atom. The molecular weight excluding hydrogens is 384 g/mol. The molecule has 0 aliphatic rings. The Morgan fingerprint density at radius 1 is 0.897 bits per heavy atom. The van der Waals surface area contributed by atoms with Gasteiger partial charge in [0.2, 0.25) is 0 Å². The van der Waals surface area contributed by atoms with E-state index in [4.69, 9.17) is 5.11 Å². The number of non-ortho nitro benzene ring substituents is 2. The molecule has 150 valence electrons. The highest BCUT2D eigenvalue weighted by atomic mass is 16.6. The van der Waals surface area contributed by atoms with Crippen LogP contribution in [0.15, 0.2) is 58.7 Å². The third-order valence-corrected chi connectivity index (χ3v) is 3.49. The van der Waals surface area contributed by atoms with Crippen LogP contribution in [-0.4, -0.2) is 32.8 Å². The van der Waals surface area contributed by atoms with Gasteiger partial charge in [-0.3, -0.25) is 35.9 Å². The van der Waals surface area contributed by atoms with E-state index >= 15 is 0 Å². The Balaban J connectivity index is 2.04. The van der Waals surface area contributed by atoms with Gasteiger partial charge >= 0.3 is 5.97 Å². The molecule has 0 radical (unpaired) electrons. The molecule has 0 aromatic heterocycles. The number of nitro benzene ring substituents is 2. The lowest BCUT2D eigenvalue weighted by Gasteiger charge is -2.04. The number of hydrogen-bond acceptors (Lipinski definition) is 9. The van der Waals surface area contributed by atoms with E-state index in [0.717, 1.165) is 0 Å². The first-order valence-electron chi connectivity index (χ1n) is 8.17.